The van der Waals surface area contributed by atoms with E-state index < -0.39 is 15.9 Å². The maximum atomic E-state index is 13.7. The fourth-order valence-electron chi connectivity index (χ4n) is 5.28. The molecule has 1 amide bonds. The molecule has 234 valence electrons. The molecule has 13 heteroatoms. The summed E-state index contributed by atoms with van der Waals surface area (Å²) in [4.78, 5) is 27.0. The van der Waals surface area contributed by atoms with E-state index in [-0.39, 0.29) is 35.1 Å². The van der Waals surface area contributed by atoms with Crippen LogP contribution >= 0.6 is 0 Å². The molecule has 3 heterocycles. The second-order valence-electron chi connectivity index (χ2n) is 10.7. The number of ether oxygens (including phenoxy) is 4. The molecule has 7 rings (SSSR count). The van der Waals surface area contributed by atoms with E-state index in [1.54, 1.807) is 66.7 Å². The summed E-state index contributed by atoms with van der Waals surface area (Å²) in [5.74, 6) is 1.73. The molecular weight excluding hydrogens is 612 g/mol. The standard InChI is InChI=1S/C33H28N4O8S/c38-31(18-21-6-10-27-29(16-21)44-14-12-42-27)34-33-25-9-8-23(36-46(40,41)24-4-2-1-3-5-24)20-26(25)37(35-33)32(39)19-22-7-11-28-30(17-22)45-15-13-43-28/h1-11,16-17,20,36H,12-15,18-19H2,(H,34,35,38). The highest BCUT2D eigenvalue weighted by Crippen LogP contribution is 2.33. The molecule has 2 aliphatic heterocycles. The molecule has 12 nitrogen and oxygen atoms in total. The number of hydrogen-bond acceptors (Lipinski definition) is 9. The number of carbonyl (C=O) groups excluding carboxylic acids is 2. The monoisotopic (exact) mass is 640 g/mol. The van der Waals surface area contributed by atoms with Gasteiger partial charge >= 0.3 is 0 Å². The Labute approximate surface area is 263 Å². The van der Waals surface area contributed by atoms with Crippen molar-refractivity contribution in [2.75, 3.05) is 36.5 Å². The van der Waals surface area contributed by atoms with Crippen LogP contribution in [0, 0.1) is 0 Å². The van der Waals surface area contributed by atoms with Gasteiger partial charge in [0.1, 0.15) is 26.4 Å². The quantitative estimate of drug-likeness (QED) is 0.251. The molecule has 0 atom stereocenters. The topological polar surface area (TPSA) is 147 Å². The predicted molar refractivity (Wildman–Crippen MR) is 169 cm³/mol. The van der Waals surface area contributed by atoms with Gasteiger partial charge in [-0.3, -0.25) is 14.3 Å². The number of hydrogen-bond donors (Lipinski definition) is 2. The van der Waals surface area contributed by atoms with Crippen molar-refractivity contribution in [1.29, 1.82) is 0 Å². The van der Waals surface area contributed by atoms with E-state index in [1.807, 2.05) is 0 Å². The number of anilines is 2. The van der Waals surface area contributed by atoms with Gasteiger partial charge in [0.25, 0.3) is 15.9 Å². The summed E-state index contributed by atoms with van der Waals surface area (Å²) in [5.41, 5.74) is 1.91. The van der Waals surface area contributed by atoms with Crippen LogP contribution in [-0.2, 0) is 27.7 Å². The van der Waals surface area contributed by atoms with Crippen LogP contribution in [0.25, 0.3) is 10.9 Å². The van der Waals surface area contributed by atoms with Gasteiger partial charge < -0.3 is 24.3 Å². The highest BCUT2D eigenvalue weighted by atomic mass is 32.2. The van der Waals surface area contributed by atoms with Crippen LogP contribution in [0.5, 0.6) is 23.0 Å². The lowest BCUT2D eigenvalue weighted by Gasteiger charge is -2.18. The van der Waals surface area contributed by atoms with Gasteiger partial charge in [-0.25, -0.2) is 8.42 Å². The number of aromatic nitrogens is 2. The highest BCUT2D eigenvalue weighted by molar-refractivity contribution is 7.92. The third-order valence-electron chi connectivity index (χ3n) is 7.41. The largest absolute Gasteiger partial charge is 0.486 e. The van der Waals surface area contributed by atoms with E-state index >= 15 is 0 Å². The van der Waals surface area contributed by atoms with Crippen LogP contribution < -0.4 is 29.0 Å². The van der Waals surface area contributed by atoms with Crippen molar-refractivity contribution in [3.05, 3.63) is 96.1 Å². The first-order chi connectivity index (χ1) is 22.3. The number of rotatable bonds is 8. The van der Waals surface area contributed by atoms with Crippen molar-refractivity contribution in [1.82, 2.24) is 9.78 Å². The van der Waals surface area contributed by atoms with Gasteiger partial charge in [-0.2, -0.15) is 4.68 Å². The molecule has 0 unspecified atom stereocenters. The Balaban J connectivity index is 1.19. The van der Waals surface area contributed by atoms with E-state index in [0.717, 1.165) is 0 Å². The van der Waals surface area contributed by atoms with Crippen molar-refractivity contribution in [2.45, 2.75) is 17.7 Å². The van der Waals surface area contributed by atoms with Crippen LogP contribution in [0.2, 0.25) is 0 Å². The van der Waals surface area contributed by atoms with E-state index in [1.165, 1.54) is 22.9 Å². The Morgan fingerprint density at radius 2 is 1.33 bits per heavy atom. The van der Waals surface area contributed by atoms with Crippen molar-refractivity contribution in [2.24, 2.45) is 0 Å². The molecule has 0 radical (unpaired) electrons. The van der Waals surface area contributed by atoms with Crippen LogP contribution in [0.3, 0.4) is 0 Å². The number of carbonyl (C=O) groups is 2. The lowest BCUT2D eigenvalue weighted by atomic mass is 10.1. The Kier molecular flexibility index (Phi) is 7.66. The minimum Gasteiger partial charge on any atom is -0.486 e. The Hall–Kier alpha value is -5.56. The number of nitrogens with zero attached hydrogens (tertiary/aromatic N) is 2. The molecule has 0 saturated carbocycles. The maximum absolute atomic E-state index is 13.7. The number of benzene rings is 4. The van der Waals surface area contributed by atoms with Crippen LogP contribution in [-0.4, -0.2) is 56.4 Å². The summed E-state index contributed by atoms with van der Waals surface area (Å²) in [6.07, 6.45) is -0.0247. The molecular formula is C33H28N4O8S. The Morgan fingerprint density at radius 1 is 0.717 bits per heavy atom. The molecule has 5 aromatic rings. The SMILES string of the molecule is O=C(Cc1ccc2c(c1)OCCO2)Nc1nn(C(=O)Cc2ccc3c(c2)OCCO3)c2cc(NS(=O)(=O)c3ccccc3)ccc12. The van der Waals surface area contributed by atoms with Crippen molar-refractivity contribution in [3.8, 4) is 23.0 Å². The molecule has 4 aromatic carbocycles. The lowest BCUT2D eigenvalue weighted by molar-refractivity contribution is -0.115. The first-order valence-electron chi connectivity index (χ1n) is 14.5. The van der Waals surface area contributed by atoms with Gasteiger partial charge in [0.15, 0.2) is 28.8 Å². The average Bonchev–Trinajstić information content (AvgIpc) is 3.42. The summed E-state index contributed by atoms with van der Waals surface area (Å²) >= 11 is 0. The molecule has 2 aliphatic rings. The number of sulfonamides is 1. The molecule has 2 N–H and O–H groups in total. The van der Waals surface area contributed by atoms with Crippen LogP contribution in [0.1, 0.15) is 15.9 Å². The van der Waals surface area contributed by atoms with E-state index in [4.69, 9.17) is 18.9 Å². The fourth-order valence-corrected chi connectivity index (χ4v) is 6.35. The van der Waals surface area contributed by atoms with Gasteiger partial charge in [0.2, 0.25) is 5.91 Å². The number of amides is 1. The zero-order valence-electron chi connectivity index (χ0n) is 24.4. The third kappa shape index (κ3) is 6.04. The van der Waals surface area contributed by atoms with Gasteiger partial charge in [-0.15, -0.1) is 5.10 Å². The van der Waals surface area contributed by atoms with E-state index in [2.05, 4.69) is 15.1 Å². The summed E-state index contributed by atoms with van der Waals surface area (Å²) in [6, 6.07) is 23.2. The zero-order chi connectivity index (χ0) is 31.7. The summed E-state index contributed by atoms with van der Waals surface area (Å²) in [5, 5.41) is 7.75. The Morgan fingerprint density at radius 3 is 1.98 bits per heavy atom. The molecule has 0 fully saturated rings. The maximum Gasteiger partial charge on any atom is 0.261 e. The molecule has 46 heavy (non-hydrogen) atoms. The minimum absolute atomic E-state index is 0.0189. The van der Waals surface area contributed by atoms with Crippen LogP contribution in [0.15, 0.2) is 89.8 Å². The summed E-state index contributed by atoms with van der Waals surface area (Å²) in [6.45, 7) is 1.75. The van der Waals surface area contributed by atoms with Gasteiger partial charge in [-0.05, 0) is 65.7 Å². The fraction of sp³-hybridized carbons (Fsp3) is 0.182. The van der Waals surface area contributed by atoms with Crippen LogP contribution in [0.4, 0.5) is 11.5 Å². The lowest BCUT2D eigenvalue weighted by Crippen LogP contribution is -2.19. The predicted octanol–water partition coefficient (Wildman–Crippen LogP) is 4.44. The highest BCUT2D eigenvalue weighted by Gasteiger charge is 2.22. The molecule has 0 bridgehead atoms. The normalized spacial score (nSPS) is 13.7. The average molecular weight is 641 g/mol. The smallest absolute Gasteiger partial charge is 0.261 e. The molecule has 0 aliphatic carbocycles. The molecule has 1 aromatic heterocycles. The summed E-state index contributed by atoms with van der Waals surface area (Å²) in [7, 11) is -3.91. The van der Waals surface area contributed by atoms with E-state index in [0.29, 0.717) is 71.5 Å². The molecule has 0 spiro atoms. The Bertz CT molecular complexity index is 2080. The van der Waals surface area contributed by atoms with Crippen molar-refractivity contribution < 1.29 is 37.0 Å². The molecule has 0 saturated heterocycles. The van der Waals surface area contributed by atoms with Gasteiger partial charge in [0, 0.05) is 5.39 Å². The van der Waals surface area contributed by atoms with Crippen molar-refractivity contribution >= 4 is 44.2 Å². The number of fused-ring (bicyclic) bond motifs is 3. The summed E-state index contributed by atoms with van der Waals surface area (Å²) < 4.78 is 52.2. The van der Waals surface area contributed by atoms with Crippen molar-refractivity contribution in [3.63, 3.8) is 0 Å². The van der Waals surface area contributed by atoms with E-state index in [9.17, 15) is 18.0 Å². The van der Waals surface area contributed by atoms with Gasteiger partial charge in [0.05, 0.1) is 28.9 Å². The third-order valence-corrected chi connectivity index (χ3v) is 8.81. The minimum atomic E-state index is -3.91. The second kappa shape index (κ2) is 12.1. The number of nitrogens with one attached hydrogen (secondary N) is 2. The first kappa shape index (κ1) is 29.2. The first-order valence-corrected chi connectivity index (χ1v) is 16.0. The zero-order valence-corrected chi connectivity index (χ0v) is 25.2. The van der Waals surface area contributed by atoms with Gasteiger partial charge in [-0.1, -0.05) is 30.3 Å². The second-order valence-corrected chi connectivity index (χ2v) is 12.3.